The smallest absolute Gasteiger partial charge is 0.295 e. The molecule has 9 rings (SSSR count). The number of aryl methyl sites for hydroxylation is 2. The molecule has 4 aromatic carbocycles. The molecule has 2 aliphatic rings. The van der Waals surface area contributed by atoms with Crippen LogP contribution in [0.5, 0.6) is 0 Å². The van der Waals surface area contributed by atoms with E-state index in [-0.39, 0.29) is 36.7 Å². The number of benzene rings is 4. The molecule has 318 valence electrons. The zero-order valence-corrected chi connectivity index (χ0v) is 34.9. The molecular weight excluding hydrogens is 799 g/mol. The van der Waals surface area contributed by atoms with Gasteiger partial charge < -0.3 is 34.0 Å². The van der Waals surface area contributed by atoms with Gasteiger partial charge in [-0.05, 0) is 86.3 Å². The topological polar surface area (TPSA) is 169 Å². The zero-order valence-electron chi connectivity index (χ0n) is 34.9. The summed E-state index contributed by atoms with van der Waals surface area (Å²) in [6.45, 7) is 0.842. The van der Waals surface area contributed by atoms with E-state index in [9.17, 15) is 28.8 Å². The van der Waals surface area contributed by atoms with Gasteiger partial charge in [0.05, 0.1) is 17.3 Å². The van der Waals surface area contributed by atoms with E-state index in [4.69, 9.17) is 4.42 Å². The van der Waals surface area contributed by atoms with E-state index in [1.807, 2.05) is 83.9 Å². The van der Waals surface area contributed by atoms with Gasteiger partial charge in [-0.15, -0.1) is 0 Å². The lowest BCUT2D eigenvalue weighted by molar-refractivity contribution is -0.129. The molecule has 4 amide bonds. The molecule has 0 bridgehead atoms. The van der Waals surface area contributed by atoms with Crippen LogP contribution < -0.4 is 10.6 Å². The molecule has 2 fully saturated rings. The molecular formula is C49H45N7O7. The van der Waals surface area contributed by atoms with Crippen molar-refractivity contribution in [2.75, 3.05) is 23.7 Å². The average molecular weight is 844 g/mol. The highest BCUT2D eigenvalue weighted by Gasteiger charge is 2.36. The second kappa shape index (κ2) is 17.0. The minimum absolute atomic E-state index is 0.0668. The summed E-state index contributed by atoms with van der Waals surface area (Å²) in [4.78, 5) is 87.3. The van der Waals surface area contributed by atoms with E-state index < -0.39 is 23.4 Å². The van der Waals surface area contributed by atoms with Crippen LogP contribution in [0, 0.1) is 0 Å². The predicted molar refractivity (Wildman–Crippen MR) is 238 cm³/mol. The van der Waals surface area contributed by atoms with Crippen LogP contribution >= 0.6 is 0 Å². The van der Waals surface area contributed by atoms with Crippen molar-refractivity contribution < 1.29 is 33.2 Å². The van der Waals surface area contributed by atoms with Gasteiger partial charge in [0.1, 0.15) is 0 Å². The number of hydrogen-bond donors (Lipinski definition) is 2. The molecule has 0 aliphatic carbocycles. The minimum atomic E-state index is -0.593. The van der Waals surface area contributed by atoms with Crippen molar-refractivity contribution >= 4 is 68.4 Å². The molecule has 0 radical (unpaired) electrons. The van der Waals surface area contributed by atoms with E-state index >= 15 is 0 Å². The molecule has 2 atom stereocenters. The number of nitrogens with one attached hydrogen (secondary N) is 2. The van der Waals surface area contributed by atoms with Gasteiger partial charge in [0, 0.05) is 109 Å². The van der Waals surface area contributed by atoms with E-state index in [1.54, 1.807) is 55.0 Å². The van der Waals surface area contributed by atoms with Crippen molar-refractivity contribution in [2.45, 2.75) is 50.6 Å². The van der Waals surface area contributed by atoms with Gasteiger partial charge in [0.2, 0.25) is 17.7 Å². The maximum Gasteiger partial charge on any atom is 0.295 e. The van der Waals surface area contributed by atoms with Gasteiger partial charge in [0.25, 0.3) is 23.4 Å². The molecule has 0 saturated carbocycles. The SMILES string of the molecule is Cn1cc(C(=O)C(=O)N2CCC[C@H]2CC(=O)Nc2ccc(-c3cnc(-c4ccc(NC(=O)C[C@@H]5CCCN5C(=O)C(=O)c5cn(C)c6ccccc56)cc4)o3)cc2)c2ccccc21. The number of carbonyl (C=O) groups excluding carboxylic acids is 6. The molecule has 14 heteroatoms. The number of anilines is 2. The van der Waals surface area contributed by atoms with Crippen LogP contribution in [0.3, 0.4) is 0 Å². The van der Waals surface area contributed by atoms with Crippen LogP contribution in [0.15, 0.2) is 120 Å². The first-order chi connectivity index (χ1) is 30.5. The Labute approximate surface area is 362 Å². The van der Waals surface area contributed by atoms with E-state index in [0.717, 1.165) is 27.4 Å². The van der Waals surface area contributed by atoms with Crippen molar-refractivity contribution in [3.05, 3.63) is 127 Å². The molecule has 7 aromatic rings. The first-order valence-corrected chi connectivity index (χ1v) is 21.1. The normalized spacial score (nSPS) is 16.2. The van der Waals surface area contributed by atoms with Crippen LogP contribution in [-0.4, -0.2) is 84.3 Å². The number of carbonyl (C=O) groups is 6. The summed E-state index contributed by atoms with van der Waals surface area (Å²) in [5, 5.41) is 7.28. The number of likely N-dealkylation sites (tertiary alicyclic amines) is 2. The third-order valence-electron chi connectivity index (χ3n) is 12.2. The Morgan fingerprint density at radius 1 is 0.603 bits per heavy atom. The summed E-state index contributed by atoms with van der Waals surface area (Å²) >= 11 is 0. The monoisotopic (exact) mass is 843 g/mol. The second-order valence-electron chi connectivity index (χ2n) is 16.3. The number of Topliss-reactive ketones (excluding diaryl/α,β-unsaturated/α-hetero) is 2. The first-order valence-electron chi connectivity index (χ1n) is 21.1. The van der Waals surface area contributed by atoms with Crippen LogP contribution in [-0.2, 0) is 33.3 Å². The standard InChI is InChI=1S/C49H45N7O7/c1-53-28-38(36-11-3-5-13-40(36)53)45(59)48(61)55-23-7-9-34(55)25-43(57)51-32-19-15-30(16-20-32)42-27-50-47(63-42)31-17-21-33(22-18-31)52-44(58)26-35-10-8-24-56(35)49(62)46(60)39-29-54(2)41-14-6-4-12-37(39)41/h3-6,11-22,27-29,34-35H,7-10,23-26H2,1-2H3,(H,51,57)(H,52,58)/t34-,35-/m0/s1. The number of oxazole rings is 1. The molecule has 0 spiro atoms. The third-order valence-corrected chi connectivity index (χ3v) is 12.2. The predicted octanol–water partition coefficient (Wildman–Crippen LogP) is 7.40. The van der Waals surface area contributed by atoms with Gasteiger partial charge in [-0.2, -0.15) is 0 Å². The first kappa shape index (κ1) is 40.8. The number of hydrogen-bond acceptors (Lipinski definition) is 8. The number of fused-ring (bicyclic) bond motifs is 2. The van der Waals surface area contributed by atoms with Crippen LogP contribution in [0.4, 0.5) is 11.4 Å². The van der Waals surface area contributed by atoms with Crippen molar-refractivity contribution in [1.82, 2.24) is 23.9 Å². The van der Waals surface area contributed by atoms with E-state index in [2.05, 4.69) is 15.6 Å². The Bertz CT molecular complexity index is 2730. The maximum atomic E-state index is 13.4. The Morgan fingerprint density at radius 2 is 1.05 bits per heavy atom. The van der Waals surface area contributed by atoms with E-state index in [0.29, 0.717) is 78.5 Å². The van der Waals surface area contributed by atoms with Crippen molar-refractivity contribution in [2.24, 2.45) is 14.1 Å². The van der Waals surface area contributed by atoms with E-state index in [1.165, 1.54) is 9.80 Å². The Hall–Kier alpha value is -7.61. The number of ketones is 2. The fourth-order valence-corrected chi connectivity index (χ4v) is 8.97. The molecule has 3 aromatic heterocycles. The summed E-state index contributed by atoms with van der Waals surface area (Å²) < 4.78 is 9.74. The Kier molecular flexibility index (Phi) is 11.0. The molecule has 0 unspecified atom stereocenters. The number of para-hydroxylation sites is 2. The summed E-state index contributed by atoms with van der Waals surface area (Å²) in [6.07, 6.45) is 7.81. The quantitative estimate of drug-likeness (QED) is 0.0948. The summed E-state index contributed by atoms with van der Waals surface area (Å²) in [5.41, 5.74) is 5.03. The minimum Gasteiger partial charge on any atom is -0.436 e. The van der Waals surface area contributed by atoms with Crippen LogP contribution in [0.25, 0.3) is 44.6 Å². The summed E-state index contributed by atoms with van der Waals surface area (Å²) in [6, 6.07) is 28.4. The fourth-order valence-electron chi connectivity index (χ4n) is 8.97. The molecule has 2 N–H and O–H groups in total. The van der Waals surface area contributed by atoms with Crippen LogP contribution in [0.2, 0.25) is 0 Å². The van der Waals surface area contributed by atoms with Gasteiger partial charge in [-0.1, -0.05) is 36.4 Å². The highest BCUT2D eigenvalue weighted by molar-refractivity contribution is 6.45. The highest BCUT2D eigenvalue weighted by atomic mass is 16.4. The number of rotatable bonds is 12. The van der Waals surface area contributed by atoms with Gasteiger partial charge in [-0.25, -0.2) is 4.98 Å². The second-order valence-corrected chi connectivity index (χ2v) is 16.3. The molecule has 5 heterocycles. The lowest BCUT2D eigenvalue weighted by Crippen LogP contribution is -2.41. The third kappa shape index (κ3) is 8.14. The molecule has 2 saturated heterocycles. The number of amides is 4. The maximum absolute atomic E-state index is 13.4. The molecule has 2 aliphatic heterocycles. The Balaban J connectivity index is 0.765. The van der Waals surface area contributed by atoms with Crippen molar-refractivity contribution in [1.29, 1.82) is 0 Å². The lowest BCUT2D eigenvalue weighted by Gasteiger charge is -2.23. The van der Waals surface area contributed by atoms with Crippen molar-refractivity contribution in [3.63, 3.8) is 0 Å². The molecule has 63 heavy (non-hydrogen) atoms. The summed E-state index contributed by atoms with van der Waals surface area (Å²) in [7, 11) is 3.68. The van der Waals surface area contributed by atoms with Gasteiger partial charge in [-0.3, -0.25) is 28.8 Å². The Morgan fingerprint density at radius 3 is 1.52 bits per heavy atom. The van der Waals surface area contributed by atoms with Crippen molar-refractivity contribution in [3.8, 4) is 22.8 Å². The number of nitrogens with zero attached hydrogens (tertiary/aromatic N) is 5. The zero-order chi connectivity index (χ0) is 43.8. The van der Waals surface area contributed by atoms with Gasteiger partial charge >= 0.3 is 0 Å². The average Bonchev–Trinajstić information content (AvgIpc) is 4.16. The highest BCUT2D eigenvalue weighted by Crippen LogP contribution is 2.30. The fraction of sp³-hybridized carbons (Fsp3) is 0.245. The summed E-state index contributed by atoms with van der Waals surface area (Å²) in [5.74, 6) is -1.95. The largest absolute Gasteiger partial charge is 0.436 e. The lowest BCUT2D eigenvalue weighted by atomic mass is 10.1. The van der Waals surface area contributed by atoms with Gasteiger partial charge in [0.15, 0.2) is 5.76 Å². The molecule has 14 nitrogen and oxygen atoms in total. The number of aromatic nitrogens is 3. The van der Waals surface area contributed by atoms with Crippen LogP contribution in [0.1, 0.15) is 59.2 Å².